The van der Waals surface area contributed by atoms with Crippen LogP contribution in [0.3, 0.4) is 0 Å². The number of ether oxygens (including phenoxy) is 1. The van der Waals surface area contributed by atoms with Crippen molar-refractivity contribution in [3.63, 3.8) is 0 Å². The second kappa shape index (κ2) is 8.67. The van der Waals surface area contributed by atoms with Crippen LogP contribution in [-0.2, 0) is 14.3 Å². The molecule has 2 aliphatic rings. The summed E-state index contributed by atoms with van der Waals surface area (Å²) in [5.41, 5.74) is 0.860. The lowest BCUT2D eigenvalue weighted by Gasteiger charge is -2.38. The largest absolute Gasteiger partial charge is 0.367 e. The highest BCUT2D eigenvalue weighted by atomic mass is 16.5. The topological polar surface area (TPSA) is 49.9 Å². The number of nitrogens with zero attached hydrogens (tertiary/aromatic N) is 2. The average molecular weight is 358 g/mol. The fourth-order valence-electron chi connectivity index (χ4n) is 4.04. The molecule has 0 aromatic heterocycles. The van der Waals surface area contributed by atoms with Crippen molar-refractivity contribution in [2.75, 3.05) is 33.3 Å². The molecule has 0 bridgehead atoms. The van der Waals surface area contributed by atoms with Crippen LogP contribution in [0.15, 0.2) is 30.3 Å². The van der Waals surface area contributed by atoms with E-state index in [9.17, 15) is 9.59 Å². The molecule has 0 aliphatic carbocycles. The van der Waals surface area contributed by atoms with E-state index in [1.54, 1.807) is 7.11 Å². The molecule has 0 spiro atoms. The number of likely N-dealkylation sites (tertiary alicyclic amines) is 2. The van der Waals surface area contributed by atoms with Crippen molar-refractivity contribution < 1.29 is 14.3 Å². The van der Waals surface area contributed by atoms with E-state index < -0.39 is 6.10 Å². The minimum Gasteiger partial charge on any atom is -0.367 e. The maximum absolute atomic E-state index is 13.0. The third-order valence-electron chi connectivity index (χ3n) is 5.74. The van der Waals surface area contributed by atoms with Crippen molar-refractivity contribution in [2.24, 2.45) is 11.8 Å². The van der Waals surface area contributed by atoms with Crippen LogP contribution in [0.1, 0.15) is 44.3 Å². The summed E-state index contributed by atoms with van der Waals surface area (Å²) in [6.45, 7) is 5.17. The quantitative estimate of drug-likeness (QED) is 0.832. The number of hydrogen-bond acceptors (Lipinski definition) is 3. The fourth-order valence-corrected chi connectivity index (χ4v) is 4.04. The molecule has 1 aromatic rings. The number of methoxy groups -OCH3 is 1. The van der Waals surface area contributed by atoms with Gasteiger partial charge in [-0.2, -0.15) is 0 Å². The number of carbonyl (C=O) groups excluding carboxylic acids is 2. The van der Waals surface area contributed by atoms with E-state index in [0.717, 1.165) is 44.3 Å². The predicted molar refractivity (Wildman–Crippen MR) is 100 cm³/mol. The average Bonchev–Trinajstić information content (AvgIpc) is 2.69. The van der Waals surface area contributed by atoms with Gasteiger partial charge in [-0.05, 0) is 37.2 Å². The number of rotatable bonds is 4. The Labute approximate surface area is 156 Å². The molecule has 1 aromatic carbocycles. The minimum atomic E-state index is -0.596. The van der Waals surface area contributed by atoms with Gasteiger partial charge in [-0.25, -0.2) is 0 Å². The molecule has 142 valence electrons. The van der Waals surface area contributed by atoms with Gasteiger partial charge in [0.25, 0.3) is 5.91 Å². The summed E-state index contributed by atoms with van der Waals surface area (Å²) in [5, 5.41) is 0. The number of carbonyl (C=O) groups is 2. The fraction of sp³-hybridized carbons (Fsp3) is 0.619. The maximum Gasteiger partial charge on any atom is 0.256 e. The van der Waals surface area contributed by atoms with E-state index in [-0.39, 0.29) is 17.7 Å². The summed E-state index contributed by atoms with van der Waals surface area (Å²) in [7, 11) is 1.57. The Hall–Kier alpha value is -1.88. The molecule has 0 N–H and O–H groups in total. The van der Waals surface area contributed by atoms with Gasteiger partial charge in [-0.15, -0.1) is 0 Å². The molecule has 2 saturated heterocycles. The lowest BCUT2D eigenvalue weighted by atomic mass is 9.93. The van der Waals surface area contributed by atoms with Gasteiger partial charge in [-0.1, -0.05) is 37.3 Å². The van der Waals surface area contributed by atoms with Gasteiger partial charge in [0, 0.05) is 33.3 Å². The SMILES string of the molecule is CO[C@H](C(=O)N1CCC[C@@H](C(=O)N2CCC(C)CC2)C1)c1ccccc1. The van der Waals surface area contributed by atoms with Crippen LogP contribution in [0.4, 0.5) is 0 Å². The lowest BCUT2D eigenvalue weighted by Crippen LogP contribution is -2.49. The first kappa shape index (κ1) is 18.9. The molecule has 5 nitrogen and oxygen atoms in total. The molecule has 2 amide bonds. The van der Waals surface area contributed by atoms with Crippen LogP contribution >= 0.6 is 0 Å². The first-order chi connectivity index (χ1) is 12.6. The molecule has 26 heavy (non-hydrogen) atoms. The van der Waals surface area contributed by atoms with Crippen molar-refractivity contribution >= 4 is 11.8 Å². The zero-order valence-corrected chi connectivity index (χ0v) is 15.9. The van der Waals surface area contributed by atoms with Crippen molar-refractivity contribution in [3.8, 4) is 0 Å². The lowest BCUT2D eigenvalue weighted by molar-refractivity contribution is -0.147. The minimum absolute atomic E-state index is 0.0385. The normalized spacial score (nSPS) is 22.9. The Kier molecular flexibility index (Phi) is 6.30. The van der Waals surface area contributed by atoms with Crippen LogP contribution in [0, 0.1) is 11.8 Å². The summed E-state index contributed by atoms with van der Waals surface area (Å²) in [6, 6.07) is 9.57. The predicted octanol–water partition coefficient (Wildman–Crippen LogP) is 2.87. The van der Waals surface area contributed by atoms with Gasteiger partial charge < -0.3 is 14.5 Å². The van der Waals surface area contributed by atoms with Gasteiger partial charge in [-0.3, -0.25) is 9.59 Å². The monoisotopic (exact) mass is 358 g/mol. The van der Waals surface area contributed by atoms with Gasteiger partial charge in [0.1, 0.15) is 0 Å². The summed E-state index contributed by atoms with van der Waals surface area (Å²) in [4.78, 5) is 29.7. The van der Waals surface area contributed by atoms with Crippen LogP contribution in [-0.4, -0.2) is 54.9 Å². The Morgan fingerprint density at radius 3 is 2.38 bits per heavy atom. The van der Waals surface area contributed by atoms with Crippen LogP contribution < -0.4 is 0 Å². The number of piperidine rings is 2. The molecule has 0 radical (unpaired) electrons. The third-order valence-corrected chi connectivity index (χ3v) is 5.74. The van der Waals surface area contributed by atoms with E-state index >= 15 is 0 Å². The van der Waals surface area contributed by atoms with E-state index in [2.05, 4.69) is 6.92 Å². The third kappa shape index (κ3) is 4.26. The number of hydrogen-bond donors (Lipinski definition) is 0. The van der Waals surface area contributed by atoms with Crippen molar-refractivity contribution in [2.45, 2.75) is 38.7 Å². The summed E-state index contributed by atoms with van der Waals surface area (Å²) in [5.74, 6) is 0.817. The zero-order chi connectivity index (χ0) is 18.5. The van der Waals surface area contributed by atoms with Crippen molar-refractivity contribution in [3.05, 3.63) is 35.9 Å². The highest BCUT2D eigenvalue weighted by Gasteiger charge is 2.34. The van der Waals surface area contributed by atoms with E-state index in [4.69, 9.17) is 4.74 Å². The zero-order valence-electron chi connectivity index (χ0n) is 15.9. The summed E-state index contributed by atoms with van der Waals surface area (Å²) >= 11 is 0. The summed E-state index contributed by atoms with van der Waals surface area (Å²) in [6.07, 6.45) is 3.32. The molecule has 5 heteroatoms. The molecule has 0 saturated carbocycles. The van der Waals surface area contributed by atoms with Gasteiger partial charge in [0.05, 0.1) is 5.92 Å². The van der Waals surface area contributed by atoms with Gasteiger partial charge >= 0.3 is 0 Å². The van der Waals surface area contributed by atoms with Crippen molar-refractivity contribution in [1.82, 2.24) is 9.80 Å². The second-order valence-corrected chi connectivity index (χ2v) is 7.66. The second-order valence-electron chi connectivity index (χ2n) is 7.66. The van der Waals surface area contributed by atoms with Gasteiger partial charge in [0.15, 0.2) is 6.10 Å². The van der Waals surface area contributed by atoms with Gasteiger partial charge in [0.2, 0.25) is 5.91 Å². The Bertz CT molecular complexity index is 611. The first-order valence-corrected chi connectivity index (χ1v) is 9.75. The number of benzene rings is 1. The molecule has 0 unspecified atom stereocenters. The Balaban J connectivity index is 1.64. The highest BCUT2D eigenvalue weighted by Crippen LogP contribution is 2.26. The first-order valence-electron chi connectivity index (χ1n) is 9.75. The van der Waals surface area contributed by atoms with E-state index in [1.165, 1.54) is 0 Å². The molecule has 2 heterocycles. The molecular formula is C21H30N2O3. The smallest absolute Gasteiger partial charge is 0.256 e. The number of amides is 2. The standard InChI is InChI=1S/C21H30N2O3/c1-16-10-13-22(14-11-16)20(24)18-9-6-12-23(15-18)21(25)19(26-2)17-7-4-3-5-8-17/h3-5,7-8,16,18-19H,6,9-15H2,1-2H3/t18-,19+/m1/s1. The van der Waals surface area contributed by atoms with Crippen LogP contribution in [0.25, 0.3) is 0 Å². The van der Waals surface area contributed by atoms with Crippen molar-refractivity contribution in [1.29, 1.82) is 0 Å². The molecule has 3 rings (SSSR count). The Morgan fingerprint density at radius 2 is 1.73 bits per heavy atom. The van der Waals surface area contributed by atoms with E-state index in [1.807, 2.05) is 40.1 Å². The maximum atomic E-state index is 13.0. The molecule has 2 fully saturated rings. The van der Waals surface area contributed by atoms with Crippen LogP contribution in [0.2, 0.25) is 0 Å². The molecule has 2 atom stereocenters. The Morgan fingerprint density at radius 1 is 1.04 bits per heavy atom. The highest BCUT2D eigenvalue weighted by molar-refractivity contribution is 5.84. The van der Waals surface area contributed by atoms with Crippen LogP contribution in [0.5, 0.6) is 0 Å². The molecule has 2 aliphatic heterocycles. The molecular weight excluding hydrogens is 328 g/mol. The summed E-state index contributed by atoms with van der Waals surface area (Å²) < 4.78 is 5.49. The van der Waals surface area contributed by atoms with E-state index in [0.29, 0.717) is 19.0 Å².